The maximum absolute atomic E-state index is 13.6. The molecule has 0 aliphatic carbocycles. The zero-order valence-electron chi connectivity index (χ0n) is 24.6. The minimum absolute atomic E-state index is 0.0118. The van der Waals surface area contributed by atoms with Crippen LogP contribution in [0.4, 0.5) is 0 Å². The van der Waals surface area contributed by atoms with Crippen LogP contribution in [0.1, 0.15) is 42.4 Å². The lowest BCUT2D eigenvalue weighted by Crippen LogP contribution is -2.45. The Balaban J connectivity index is 1.32. The Morgan fingerprint density at radius 2 is 1.89 bits per heavy atom. The predicted octanol–water partition coefficient (Wildman–Crippen LogP) is 5.75. The number of nitrogens with one attached hydrogen (secondary N) is 2. The number of benzene rings is 3. The minimum atomic E-state index is -0.201. The highest BCUT2D eigenvalue weighted by Gasteiger charge is 2.32. The van der Waals surface area contributed by atoms with Crippen LogP contribution in [0, 0.1) is 17.2 Å². The number of hydrogen-bond donors (Lipinski definition) is 2. The number of aromatic nitrogens is 2. The Morgan fingerprint density at radius 1 is 1.16 bits per heavy atom. The number of aryl methyl sites for hydroxylation is 1. The molecule has 0 saturated carbocycles. The fraction of sp³-hybridized carbons (Fsp3) is 0.294. The van der Waals surface area contributed by atoms with E-state index in [-0.39, 0.29) is 29.3 Å². The van der Waals surface area contributed by atoms with Gasteiger partial charge in [0.15, 0.2) is 0 Å². The smallest absolute Gasteiger partial charge is 0.274 e. The SMILES string of the molecule is COc1ccc(-n2nc(Sc3ccc(Cl)cc3)cc(CC[C@@H](C)NC(=O)[C@H]3CCNC[C@@H]3c3ccc(C#N)cc3)c2=O)cc1. The lowest BCUT2D eigenvalue weighted by Gasteiger charge is -2.32. The molecule has 0 bridgehead atoms. The predicted molar refractivity (Wildman–Crippen MR) is 173 cm³/mol. The summed E-state index contributed by atoms with van der Waals surface area (Å²) in [5, 5.41) is 21.7. The molecule has 0 spiro atoms. The second kappa shape index (κ2) is 14.6. The monoisotopic (exact) mass is 627 g/mol. The van der Waals surface area contributed by atoms with Crippen LogP contribution < -0.4 is 20.9 Å². The summed E-state index contributed by atoms with van der Waals surface area (Å²) in [5.41, 5.74) is 2.70. The van der Waals surface area contributed by atoms with Crippen molar-refractivity contribution in [2.75, 3.05) is 20.2 Å². The van der Waals surface area contributed by atoms with E-state index in [4.69, 9.17) is 21.6 Å². The topological polar surface area (TPSA) is 109 Å². The zero-order valence-corrected chi connectivity index (χ0v) is 26.2. The van der Waals surface area contributed by atoms with Crippen molar-refractivity contribution >= 4 is 29.3 Å². The van der Waals surface area contributed by atoms with Gasteiger partial charge in [0.05, 0.1) is 24.4 Å². The van der Waals surface area contributed by atoms with Gasteiger partial charge in [0.1, 0.15) is 10.8 Å². The number of nitrogens with zero attached hydrogens (tertiary/aromatic N) is 3. The number of carbonyl (C=O) groups is 1. The van der Waals surface area contributed by atoms with Crippen LogP contribution >= 0.6 is 23.4 Å². The summed E-state index contributed by atoms with van der Waals surface area (Å²) < 4.78 is 6.70. The second-order valence-electron chi connectivity index (χ2n) is 10.9. The Hall–Kier alpha value is -4.10. The van der Waals surface area contributed by atoms with Gasteiger partial charge in [-0.15, -0.1) is 0 Å². The minimum Gasteiger partial charge on any atom is -0.497 e. The number of piperidine rings is 1. The van der Waals surface area contributed by atoms with Gasteiger partial charge in [-0.3, -0.25) is 9.59 Å². The number of methoxy groups -OCH3 is 1. The third-order valence-electron chi connectivity index (χ3n) is 7.84. The van der Waals surface area contributed by atoms with Gasteiger partial charge >= 0.3 is 0 Å². The van der Waals surface area contributed by atoms with Gasteiger partial charge in [-0.25, -0.2) is 0 Å². The Morgan fingerprint density at radius 3 is 2.57 bits per heavy atom. The molecule has 1 saturated heterocycles. The standard InChI is InChI=1S/C34H34ClN5O3S/c1-22(38-33(41)30-17-18-37-21-31(30)24-7-4-23(20-36)5-8-24)3-6-25-19-32(44-29-15-9-26(35)10-16-29)39-40(34(25)42)27-11-13-28(43-2)14-12-27/h4-5,7-16,19,22,30-31,37H,3,6,17-18,21H2,1-2H3,(H,38,41)/t22-,30+,31-/m1/s1. The molecule has 8 nitrogen and oxygen atoms in total. The molecule has 1 aromatic heterocycles. The third kappa shape index (κ3) is 7.69. The van der Waals surface area contributed by atoms with Crippen molar-refractivity contribution in [1.29, 1.82) is 5.26 Å². The molecule has 2 N–H and O–H groups in total. The third-order valence-corrected chi connectivity index (χ3v) is 9.01. The number of amides is 1. The first kappa shape index (κ1) is 31.3. The summed E-state index contributed by atoms with van der Waals surface area (Å²) in [5.74, 6) is 0.543. The number of carbonyl (C=O) groups excluding carboxylic acids is 1. The first-order valence-electron chi connectivity index (χ1n) is 14.6. The van der Waals surface area contributed by atoms with Crippen molar-refractivity contribution in [2.24, 2.45) is 5.92 Å². The Bertz CT molecular complexity index is 1680. The number of hydrogen-bond acceptors (Lipinski definition) is 7. The molecule has 0 radical (unpaired) electrons. The quantitative estimate of drug-likeness (QED) is 0.230. The van der Waals surface area contributed by atoms with Crippen molar-refractivity contribution < 1.29 is 9.53 Å². The lowest BCUT2D eigenvalue weighted by atomic mass is 9.80. The maximum Gasteiger partial charge on any atom is 0.274 e. The molecular formula is C34H34ClN5O3S. The first-order valence-corrected chi connectivity index (χ1v) is 15.8. The van der Waals surface area contributed by atoms with E-state index in [2.05, 4.69) is 21.8 Å². The van der Waals surface area contributed by atoms with Crippen LogP contribution in [0.15, 0.2) is 93.6 Å². The van der Waals surface area contributed by atoms with E-state index in [1.807, 2.05) is 49.4 Å². The summed E-state index contributed by atoms with van der Waals surface area (Å²) >= 11 is 7.53. The second-order valence-corrected chi connectivity index (χ2v) is 12.4. The van der Waals surface area contributed by atoms with Gasteiger partial charge in [-0.1, -0.05) is 35.5 Å². The number of rotatable bonds is 10. The van der Waals surface area contributed by atoms with Gasteiger partial charge in [0.25, 0.3) is 5.56 Å². The van der Waals surface area contributed by atoms with Crippen LogP contribution in [0.5, 0.6) is 5.75 Å². The van der Waals surface area contributed by atoms with Crippen LogP contribution in [0.2, 0.25) is 5.02 Å². The molecule has 3 aromatic carbocycles. The molecule has 10 heteroatoms. The summed E-state index contributed by atoms with van der Waals surface area (Å²) in [4.78, 5) is 28.1. The number of halogens is 1. The van der Waals surface area contributed by atoms with Crippen LogP contribution in [0.3, 0.4) is 0 Å². The highest BCUT2D eigenvalue weighted by molar-refractivity contribution is 7.99. The Kier molecular flexibility index (Phi) is 10.4. The van der Waals surface area contributed by atoms with E-state index < -0.39 is 0 Å². The molecule has 5 rings (SSSR count). The van der Waals surface area contributed by atoms with E-state index in [0.29, 0.717) is 52.0 Å². The van der Waals surface area contributed by atoms with E-state index in [1.165, 1.54) is 16.4 Å². The molecule has 1 aliphatic heterocycles. The molecule has 1 fully saturated rings. The molecule has 0 unspecified atom stereocenters. The average molecular weight is 628 g/mol. The molecular weight excluding hydrogens is 594 g/mol. The molecule has 2 heterocycles. The van der Waals surface area contributed by atoms with Crippen LogP contribution in [0.25, 0.3) is 5.69 Å². The fourth-order valence-electron chi connectivity index (χ4n) is 5.39. The molecule has 1 amide bonds. The van der Waals surface area contributed by atoms with Crippen molar-refractivity contribution in [2.45, 2.75) is 48.1 Å². The molecule has 4 aromatic rings. The van der Waals surface area contributed by atoms with Gasteiger partial charge < -0.3 is 15.4 Å². The summed E-state index contributed by atoms with van der Waals surface area (Å²) in [7, 11) is 1.60. The van der Waals surface area contributed by atoms with Crippen molar-refractivity contribution in [3.63, 3.8) is 0 Å². The van der Waals surface area contributed by atoms with Gasteiger partial charge in [-0.05, 0) is 105 Å². The number of ether oxygens (including phenoxy) is 1. The molecule has 226 valence electrons. The largest absolute Gasteiger partial charge is 0.497 e. The van der Waals surface area contributed by atoms with Gasteiger partial charge in [-0.2, -0.15) is 15.0 Å². The van der Waals surface area contributed by atoms with Crippen molar-refractivity contribution in [3.8, 4) is 17.5 Å². The average Bonchev–Trinajstić information content (AvgIpc) is 3.06. The highest BCUT2D eigenvalue weighted by Crippen LogP contribution is 2.31. The number of nitriles is 1. The summed E-state index contributed by atoms with van der Waals surface area (Å²) in [6.07, 6.45) is 1.79. The van der Waals surface area contributed by atoms with E-state index in [1.54, 1.807) is 43.5 Å². The summed E-state index contributed by atoms with van der Waals surface area (Å²) in [6, 6.07) is 26.0. The highest BCUT2D eigenvalue weighted by atomic mass is 35.5. The van der Waals surface area contributed by atoms with Crippen LogP contribution in [-0.4, -0.2) is 41.9 Å². The maximum atomic E-state index is 13.6. The summed E-state index contributed by atoms with van der Waals surface area (Å²) in [6.45, 7) is 3.45. The van der Waals surface area contributed by atoms with Crippen molar-refractivity contribution in [3.05, 3.63) is 111 Å². The van der Waals surface area contributed by atoms with E-state index >= 15 is 0 Å². The molecule has 3 atom stereocenters. The molecule has 44 heavy (non-hydrogen) atoms. The Labute approximate surface area is 266 Å². The van der Waals surface area contributed by atoms with Gasteiger partial charge in [0.2, 0.25) is 5.91 Å². The first-order chi connectivity index (χ1) is 21.3. The lowest BCUT2D eigenvalue weighted by molar-refractivity contribution is -0.127. The van der Waals surface area contributed by atoms with Crippen molar-refractivity contribution in [1.82, 2.24) is 20.4 Å². The zero-order chi connectivity index (χ0) is 31.1. The van der Waals surface area contributed by atoms with Gasteiger partial charge in [0, 0.05) is 39.9 Å². The van der Waals surface area contributed by atoms with E-state index in [9.17, 15) is 9.59 Å². The normalized spacial score (nSPS) is 17.0. The molecule has 1 aliphatic rings. The van der Waals surface area contributed by atoms with Crippen LogP contribution in [-0.2, 0) is 11.2 Å². The fourth-order valence-corrected chi connectivity index (χ4v) is 6.36. The van der Waals surface area contributed by atoms with E-state index in [0.717, 1.165) is 23.4 Å².